The van der Waals surface area contributed by atoms with Crippen LogP contribution < -0.4 is 5.73 Å². The van der Waals surface area contributed by atoms with Crippen LogP contribution in [0.4, 0.5) is 13.2 Å². The molecule has 0 atom stereocenters. The lowest BCUT2D eigenvalue weighted by Crippen LogP contribution is -2.13. The van der Waals surface area contributed by atoms with E-state index >= 15 is 0 Å². The van der Waals surface area contributed by atoms with Crippen LogP contribution in [0.15, 0.2) is 18.5 Å². The third kappa shape index (κ3) is 1.93. The van der Waals surface area contributed by atoms with Crippen LogP contribution >= 0.6 is 0 Å². The molecule has 0 bridgehead atoms. The molecule has 1 aliphatic rings. The molecule has 3 rings (SSSR count). The van der Waals surface area contributed by atoms with Gasteiger partial charge in [0.15, 0.2) is 0 Å². The minimum atomic E-state index is -4.75. The SMILES string of the molecule is NC(=O)c1cnc2c(c1)C(=O)c1nc(C(F)(F)F)ncc1-2. The first-order valence-electron chi connectivity index (χ1n) is 5.58. The van der Waals surface area contributed by atoms with Gasteiger partial charge in [-0.3, -0.25) is 14.6 Å². The number of alkyl halides is 3. The van der Waals surface area contributed by atoms with Crippen molar-refractivity contribution in [2.24, 2.45) is 5.73 Å². The Kier molecular flexibility index (Phi) is 2.55. The Morgan fingerprint density at radius 1 is 1.10 bits per heavy atom. The number of pyridine rings is 1. The molecule has 1 amide bonds. The Labute approximate surface area is 114 Å². The van der Waals surface area contributed by atoms with Gasteiger partial charge in [0.25, 0.3) is 0 Å². The minimum Gasteiger partial charge on any atom is -0.366 e. The van der Waals surface area contributed by atoms with E-state index in [0.29, 0.717) is 0 Å². The highest BCUT2D eigenvalue weighted by atomic mass is 19.4. The number of nitrogens with zero attached hydrogens (tertiary/aromatic N) is 3. The van der Waals surface area contributed by atoms with Crippen LogP contribution in [0, 0.1) is 0 Å². The van der Waals surface area contributed by atoms with E-state index in [1.807, 2.05) is 0 Å². The normalized spacial score (nSPS) is 13.0. The number of carbonyl (C=O) groups is 2. The molecule has 2 heterocycles. The smallest absolute Gasteiger partial charge is 0.366 e. The summed E-state index contributed by atoms with van der Waals surface area (Å²) in [4.78, 5) is 33.5. The molecule has 0 fully saturated rings. The molecule has 0 saturated carbocycles. The number of amides is 1. The lowest BCUT2D eigenvalue weighted by Gasteiger charge is -2.05. The van der Waals surface area contributed by atoms with Gasteiger partial charge in [-0.2, -0.15) is 13.2 Å². The van der Waals surface area contributed by atoms with Gasteiger partial charge in [0.05, 0.1) is 16.8 Å². The summed E-state index contributed by atoms with van der Waals surface area (Å²) in [5.74, 6) is -2.95. The monoisotopic (exact) mass is 294 g/mol. The molecule has 6 nitrogen and oxygen atoms in total. The van der Waals surface area contributed by atoms with Crippen LogP contribution in [0.1, 0.15) is 32.2 Å². The molecule has 0 radical (unpaired) electrons. The fourth-order valence-corrected chi connectivity index (χ4v) is 1.98. The Morgan fingerprint density at radius 2 is 1.81 bits per heavy atom. The second-order valence-electron chi connectivity index (χ2n) is 4.27. The summed E-state index contributed by atoms with van der Waals surface area (Å²) < 4.78 is 37.7. The predicted molar refractivity (Wildman–Crippen MR) is 62.2 cm³/mol. The molecule has 0 spiro atoms. The van der Waals surface area contributed by atoms with Crippen molar-refractivity contribution < 1.29 is 22.8 Å². The molecule has 21 heavy (non-hydrogen) atoms. The number of fused-ring (bicyclic) bond motifs is 3. The number of hydrogen-bond acceptors (Lipinski definition) is 5. The van der Waals surface area contributed by atoms with Gasteiger partial charge < -0.3 is 5.73 Å². The van der Waals surface area contributed by atoms with Crippen LogP contribution in [0.25, 0.3) is 11.3 Å². The topological polar surface area (TPSA) is 98.8 Å². The quantitative estimate of drug-likeness (QED) is 0.727. The average molecular weight is 294 g/mol. The number of ketones is 1. The number of carbonyl (C=O) groups excluding carboxylic acids is 2. The van der Waals surface area contributed by atoms with Crippen LogP contribution in [0.5, 0.6) is 0 Å². The number of aromatic nitrogens is 3. The number of hydrogen-bond donors (Lipinski definition) is 1. The van der Waals surface area contributed by atoms with Gasteiger partial charge in [-0.15, -0.1) is 0 Å². The van der Waals surface area contributed by atoms with Gasteiger partial charge in [0, 0.05) is 18.0 Å². The van der Waals surface area contributed by atoms with Crippen molar-refractivity contribution >= 4 is 11.7 Å². The minimum absolute atomic E-state index is 0.0149. The van der Waals surface area contributed by atoms with E-state index in [1.54, 1.807) is 0 Å². The van der Waals surface area contributed by atoms with Crippen LogP contribution in [-0.4, -0.2) is 26.6 Å². The van der Waals surface area contributed by atoms with Crippen molar-refractivity contribution in [3.05, 3.63) is 41.1 Å². The van der Waals surface area contributed by atoms with Gasteiger partial charge in [-0.25, -0.2) is 9.97 Å². The largest absolute Gasteiger partial charge is 0.451 e. The summed E-state index contributed by atoms with van der Waals surface area (Å²) in [6, 6.07) is 1.18. The molecule has 9 heteroatoms. The molecule has 0 aromatic carbocycles. The molecule has 2 aromatic rings. The summed E-state index contributed by atoms with van der Waals surface area (Å²) in [5.41, 5.74) is 4.88. The maximum atomic E-state index is 12.6. The van der Waals surface area contributed by atoms with Crippen LogP contribution in [-0.2, 0) is 6.18 Å². The highest BCUT2D eigenvalue weighted by Crippen LogP contribution is 2.35. The van der Waals surface area contributed by atoms with Crippen molar-refractivity contribution in [2.75, 3.05) is 0 Å². The van der Waals surface area contributed by atoms with Crippen LogP contribution in [0.3, 0.4) is 0 Å². The molecule has 1 aliphatic carbocycles. The maximum absolute atomic E-state index is 12.6. The molecule has 0 unspecified atom stereocenters. The number of primary amides is 1. The van der Waals surface area contributed by atoms with Gasteiger partial charge >= 0.3 is 6.18 Å². The van der Waals surface area contributed by atoms with E-state index in [-0.39, 0.29) is 28.1 Å². The Bertz CT molecular complexity index is 802. The predicted octanol–water partition coefficient (Wildman–Crippen LogP) is 1.20. The molecule has 106 valence electrons. The number of halogens is 3. The summed E-state index contributed by atoms with van der Waals surface area (Å²) in [7, 11) is 0. The van der Waals surface area contributed by atoms with Gasteiger partial charge in [0.1, 0.15) is 5.69 Å². The van der Waals surface area contributed by atoms with E-state index in [2.05, 4.69) is 15.0 Å². The lowest BCUT2D eigenvalue weighted by molar-refractivity contribution is -0.145. The van der Waals surface area contributed by atoms with Gasteiger partial charge in [0.2, 0.25) is 17.5 Å². The van der Waals surface area contributed by atoms with Crippen molar-refractivity contribution in [1.29, 1.82) is 0 Å². The average Bonchev–Trinajstić information content (AvgIpc) is 2.70. The van der Waals surface area contributed by atoms with E-state index in [0.717, 1.165) is 12.4 Å². The van der Waals surface area contributed by atoms with E-state index in [4.69, 9.17) is 5.73 Å². The first kappa shape index (κ1) is 13.2. The first-order chi connectivity index (χ1) is 9.79. The standard InChI is InChI=1S/C12H5F3N4O2/c13-12(14,15)11-18-3-6-7-5(9(20)8(6)19-11)1-4(2-17-7)10(16)21/h1-3H,(H2,16,21). The fraction of sp³-hybridized carbons (Fsp3) is 0.0833. The van der Waals surface area contributed by atoms with Crippen molar-refractivity contribution in [3.8, 4) is 11.3 Å². The molecular formula is C12H5F3N4O2. The Morgan fingerprint density at radius 3 is 2.43 bits per heavy atom. The molecule has 0 saturated heterocycles. The van der Waals surface area contributed by atoms with Crippen molar-refractivity contribution in [1.82, 2.24) is 15.0 Å². The van der Waals surface area contributed by atoms with Gasteiger partial charge in [-0.1, -0.05) is 0 Å². The molecule has 2 N–H and O–H groups in total. The third-order valence-corrected chi connectivity index (χ3v) is 2.93. The summed E-state index contributed by atoms with van der Waals surface area (Å²) in [6.45, 7) is 0. The zero-order valence-corrected chi connectivity index (χ0v) is 10.1. The molecule has 0 aliphatic heterocycles. The maximum Gasteiger partial charge on any atom is 0.451 e. The zero-order chi connectivity index (χ0) is 15.4. The van der Waals surface area contributed by atoms with Gasteiger partial charge in [-0.05, 0) is 6.07 Å². The Hall–Kier alpha value is -2.84. The third-order valence-electron chi connectivity index (χ3n) is 2.93. The van der Waals surface area contributed by atoms with E-state index < -0.39 is 23.7 Å². The fourth-order valence-electron chi connectivity index (χ4n) is 1.98. The van der Waals surface area contributed by atoms with Crippen molar-refractivity contribution in [2.45, 2.75) is 6.18 Å². The zero-order valence-electron chi connectivity index (χ0n) is 10.1. The van der Waals surface area contributed by atoms with Crippen LogP contribution in [0.2, 0.25) is 0 Å². The lowest BCUT2D eigenvalue weighted by atomic mass is 10.1. The summed E-state index contributed by atoms with van der Waals surface area (Å²) >= 11 is 0. The highest BCUT2D eigenvalue weighted by Gasteiger charge is 2.38. The Balaban J connectivity index is 2.18. The van der Waals surface area contributed by atoms with E-state index in [9.17, 15) is 22.8 Å². The number of rotatable bonds is 1. The second kappa shape index (κ2) is 4.08. The first-order valence-corrected chi connectivity index (χ1v) is 5.58. The van der Waals surface area contributed by atoms with Crippen molar-refractivity contribution in [3.63, 3.8) is 0 Å². The summed E-state index contributed by atoms with van der Waals surface area (Å²) in [6.07, 6.45) is -2.72. The summed E-state index contributed by atoms with van der Waals surface area (Å²) in [5, 5.41) is 0. The molecular weight excluding hydrogens is 289 g/mol. The highest BCUT2D eigenvalue weighted by molar-refractivity contribution is 6.20. The second-order valence-corrected chi connectivity index (χ2v) is 4.27. The number of nitrogens with two attached hydrogens (primary N) is 1. The van der Waals surface area contributed by atoms with E-state index in [1.165, 1.54) is 6.07 Å². The molecule has 2 aromatic heterocycles.